The van der Waals surface area contributed by atoms with Gasteiger partial charge in [-0.3, -0.25) is 0 Å². The maximum atomic E-state index is 13.3. The van der Waals surface area contributed by atoms with Crippen molar-refractivity contribution in [1.82, 2.24) is 5.32 Å². The third-order valence-electron chi connectivity index (χ3n) is 3.32. The summed E-state index contributed by atoms with van der Waals surface area (Å²) in [4.78, 5) is 0. The lowest BCUT2D eigenvalue weighted by atomic mass is 9.96. The van der Waals surface area contributed by atoms with Gasteiger partial charge >= 0.3 is 0 Å². The molecule has 0 saturated heterocycles. The van der Waals surface area contributed by atoms with Crippen LogP contribution in [0.4, 0.5) is 4.39 Å². The Bertz CT molecular complexity index is 611. The Hall–Kier alpha value is -1.78. The van der Waals surface area contributed by atoms with Crippen molar-refractivity contribution in [3.05, 3.63) is 58.4 Å². The minimum Gasteiger partial charge on any atom is -0.496 e. The maximum absolute atomic E-state index is 13.3. The molecule has 1 unspecified atom stereocenters. The van der Waals surface area contributed by atoms with Crippen LogP contribution in [0.15, 0.2) is 36.4 Å². The molecule has 0 aliphatic heterocycles. The van der Waals surface area contributed by atoms with E-state index in [0.29, 0.717) is 16.5 Å². The van der Waals surface area contributed by atoms with Gasteiger partial charge in [-0.2, -0.15) is 0 Å². The Morgan fingerprint density at radius 1 is 1.10 bits per heavy atom. The van der Waals surface area contributed by atoms with Crippen molar-refractivity contribution >= 4 is 11.6 Å². The van der Waals surface area contributed by atoms with E-state index in [2.05, 4.69) is 5.32 Å². The largest absolute Gasteiger partial charge is 0.496 e. The highest BCUT2D eigenvalue weighted by molar-refractivity contribution is 6.31. The molecule has 5 heteroatoms. The topological polar surface area (TPSA) is 30.5 Å². The van der Waals surface area contributed by atoms with Crippen LogP contribution in [0, 0.1) is 5.82 Å². The van der Waals surface area contributed by atoms with Crippen molar-refractivity contribution in [2.45, 2.75) is 6.04 Å². The van der Waals surface area contributed by atoms with E-state index in [1.807, 2.05) is 18.2 Å². The van der Waals surface area contributed by atoms with E-state index < -0.39 is 0 Å². The molecule has 21 heavy (non-hydrogen) atoms. The first-order valence-electron chi connectivity index (χ1n) is 6.45. The lowest BCUT2D eigenvalue weighted by Crippen LogP contribution is -2.19. The minimum absolute atomic E-state index is 0.274. The molecular formula is C16H17ClFNO2. The molecule has 2 rings (SSSR count). The Kier molecular flexibility index (Phi) is 5.04. The first kappa shape index (κ1) is 15.6. The summed E-state index contributed by atoms with van der Waals surface area (Å²) >= 11 is 6.18. The van der Waals surface area contributed by atoms with E-state index in [1.54, 1.807) is 27.3 Å². The van der Waals surface area contributed by atoms with E-state index in [0.717, 1.165) is 11.1 Å². The van der Waals surface area contributed by atoms with Gasteiger partial charge in [0.1, 0.15) is 17.3 Å². The summed E-state index contributed by atoms with van der Waals surface area (Å²) in [6.45, 7) is 0. The molecule has 0 bridgehead atoms. The molecule has 0 aliphatic rings. The van der Waals surface area contributed by atoms with Crippen molar-refractivity contribution in [1.29, 1.82) is 0 Å². The maximum Gasteiger partial charge on any atom is 0.127 e. The Morgan fingerprint density at radius 2 is 1.71 bits per heavy atom. The van der Waals surface area contributed by atoms with Crippen molar-refractivity contribution in [2.75, 3.05) is 21.3 Å². The van der Waals surface area contributed by atoms with Gasteiger partial charge in [0.2, 0.25) is 0 Å². The molecule has 0 fully saturated rings. The van der Waals surface area contributed by atoms with Crippen LogP contribution in [0.2, 0.25) is 5.02 Å². The second-order valence-electron chi connectivity index (χ2n) is 4.46. The van der Waals surface area contributed by atoms with Crippen LogP contribution in [0.1, 0.15) is 17.2 Å². The highest BCUT2D eigenvalue weighted by Gasteiger charge is 2.23. The molecule has 0 heterocycles. The zero-order chi connectivity index (χ0) is 15.4. The number of halogens is 2. The predicted molar refractivity (Wildman–Crippen MR) is 81.9 cm³/mol. The van der Waals surface area contributed by atoms with Crippen LogP contribution in [0.5, 0.6) is 11.5 Å². The zero-order valence-electron chi connectivity index (χ0n) is 12.1. The summed E-state index contributed by atoms with van der Waals surface area (Å²) < 4.78 is 24.1. The third kappa shape index (κ3) is 3.12. The zero-order valence-corrected chi connectivity index (χ0v) is 12.9. The van der Waals surface area contributed by atoms with Gasteiger partial charge in [-0.05, 0) is 36.9 Å². The van der Waals surface area contributed by atoms with Crippen LogP contribution in [-0.4, -0.2) is 21.3 Å². The summed E-state index contributed by atoms with van der Waals surface area (Å²) in [6, 6.07) is 9.60. The highest BCUT2D eigenvalue weighted by Crippen LogP contribution is 2.39. The molecule has 2 aromatic rings. The van der Waals surface area contributed by atoms with Gasteiger partial charge < -0.3 is 14.8 Å². The summed E-state index contributed by atoms with van der Waals surface area (Å²) in [5.41, 5.74) is 1.57. The molecule has 0 aliphatic carbocycles. The normalized spacial score (nSPS) is 12.0. The first-order chi connectivity index (χ1) is 10.1. The molecule has 0 saturated carbocycles. The van der Waals surface area contributed by atoms with Gasteiger partial charge in [0.15, 0.2) is 0 Å². The van der Waals surface area contributed by atoms with E-state index in [9.17, 15) is 4.39 Å². The number of rotatable bonds is 5. The quantitative estimate of drug-likeness (QED) is 0.911. The third-order valence-corrected chi connectivity index (χ3v) is 3.64. The number of hydrogen-bond acceptors (Lipinski definition) is 3. The molecule has 0 spiro atoms. The molecule has 1 N–H and O–H groups in total. The summed E-state index contributed by atoms with van der Waals surface area (Å²) in [6.07, 6.45) is 0. The van der Waals surface area contributed by atoms with Gasteiger partial charge in [0, 0.05) is 5.02 Å². The summed E-state index contributed by atoms with van der Waals surface area (Å²) in [5, 5.41) is 3.53. The fourth-order valence-corrected chi connectivity index (χ4v) is 2.63. The predicted octanol–water partition coefficient (Wildman–Crippen LogP) is 3.81. The van der Waals surface area contributed by atoms with Gasteiger partial charge in [-0.15, -0.1) is 0 Å². The van der Waals surface area contributed by atoms with Crippen molar-refractivity contribution < 1.29 is 13.9 Å². The number of methoxy groups -OCH3 is 2. The number of hydrogen-bond donors (Lipinski definition) is 1. The summed E-state index contributed by atoms with van der Waals surface area (Å²) in [7, 11) is 4.99. The minimum atomic E-state index is -0.370. The van der Waals surface area contributed by atoms with Gasteiger partial charge in [-0.25, -0.2) is 4.39 Å². The Morgan fingerprint density at radius 3 is 2.19 bits per heavy atom. The second kappa shape index (κ2) is 6.78. The number of nitrogens with one attached hydrogen (secondary N) is 1. The highest BCUT2D eigenvalue weighted by atomic mass is 35.5. The van der Waals surface area contributed by atoms with Gasteiger partial charge in [-0.1, -0.05) is 23.7 Å². The van der Waals surface area contributed by atoms with E-state index in [1.165, 1.54) is 12.1 Å². The van der Waals surface area contributed by atoms with E-state index >= 15 is 0 Å². The van der Waals surface area contributed by atoms with Gasteiger partial charge in [0.25, 0.3) is 0 Å². The fraction of sp³-hybridized carbons (Fsp3) is 0.250. The summed E-state index contributed by atoms with van der Waals surface area (Å²) in [5.74, 6) is 0.980. The van der Waals surface area contributed by atoms with E-state index in [4.69, 9.17) is 21.1 Å². The standard InChI is InChI=1S/C16H17ClFNO2/c1-19-16(11-8-7-10(18)9-12(11)17)15-13(20-2)5-4-6-14(15)21-3/h4-9,16,19H,1-3H3. The SMILES string of the molecule is CNC(c1ccc(F)cc1Cl)c1c(OC)cccc1OC. The lowest BCUT2D eigenvalue weighted by Gasteiger charge is -2.23. The Balaban J connectivity index is 2.61. The van der Waals surface area contributed by atoms with Crippen molar-refractivity contribution in [3.8, 4) is 11.5 Å². The van der Waals surface area contributed by atoms with Crippen LogP contribution >= 0.6 is 11.6 Å². The molecular weight excluding hydrogens is 293 g/mol. The van der Waals surface area contributed by atoms with E-state index in [-0.39, 0.29) is 11.9 Å². The van der Waals surface area contributed by atoms with Crippen LogP contribution in [0.3, 0.4) is 0 Å². The molecule has 0 aromatic heterocycles. The van der Waals surface area contributed by atoms with Gasteiger partial charge in [0.05, 0.1) is 25.8 Å². The average Bonchev–Trinajstić information content (AvgIpc) is 2.49. The van der Waals surface area contributed by atoms with Crippen LogP contribution < -0.4 is 14.8 Å². The molecule has 1 atom stereocenters. The van der Waals surface area contributed by atoms with Crippen LogP contribution in [0.25, 0.3) is 0 Å². The average molecular weight is 310 g/mol. The van der Waals surface area contributed by atoms with Crippen molar-refractivity contribution in [2.24, 2.45) is 0 Å². The molecule has 0 amide bonds. The molecule has 3 nitrogen and oxygen atoms in total. The molecule has 0 radical (unpaired) electrons. The molecule has 112 valence electrons. The fourth-order valence-electron chi connectivity index (χ4n) is 2.36. The Labute approximate surface area is 128 Å². The number of ether oxygens (including phenoxy) is 2. The number of benzene rings is 2. The monoisotopic (exact) mass is 309 g/mol. The van der Waals surface area contributed by atoms with Crippen LogP contribution in [-0.2, 0) is 0 Å². The first-order valence-corrected chi connectivity index (χ1v) is 6.83. The smallest absolute Gasteiger partial charge is 0.127 e. The van der Waals surface area contributed by atoms with Crippen molar-refractivity contribution in [3.63, 3.8) is 0 Å². The lowest BCUT2D eigenvalue weighted by molar-refractivity contribution is 0.379. The molecule has 2 aromatic carbocycles. The second-order valence-corrected chi connectivity index (χ2v) is 4.87.